The van der Waals surface area contributed by atoms with Crippen molar-refractivity contribution in [3.05, 3.63) is 58.6 Å². The van der Waals surface area contributed by atoms with Crippen LogP contribution in [0.3, 0.4) is 0 Å². The number of aromatic amines is 1. The van der Waals surface area contributed by atoms with Gasteiger partial charge in [0, 0.05) is 23.3 Å². The Kier molecular flexibility index (Phi) is 2.60. The molecule has 0 aliphatic rings. The highest BCUT2D eigenvalue weighted by molar-refractivity contribution is 6.33. The highest BCUT2D eigenvalue weighted by atomic mass is 16.6. The Morgan fingerprint density at radius 2 is 1.79 bits per heavy atom. The van der Waals surface area contributed by atoms with Crippen LogP contribution in [0, 0.1) is 10.1 Å². The summed E-state index contributed by atoms with van der Waals surface area (Å²) in [5, 5.41) is 11.8. The molecule has 3 rings (SSSR count). The number of nitrogens with zero attached hydrogens (tertiary/aromatic N) is 1. The lowest BCUT2D eigenvalue weighted by molar-refractivity contribution is -0.384. The Hall–Kier alpha value is -2.56. The number of hydrogen-bond acceptors (Lipinski definition) is 2. The third-order valence-electron chi connectivity index (χ3n) is 3.17. The second kappa shape index (κ2) is 4.28. The van der Waals surface area contributed by atoms with Crippen molar-refractivity contribution in [2.75, 3.05) is 0 Å². The quantitative estimate of drug-likeness (QED) is 0.429. The number of benzene rings is 2. The predicted octanol–water partition coefficient (Wildman–Crippen LogP) is 2.00. The molecule has 5 heteroatoms. The number of rotatable bonds is 2. The average Bonchev–Trinajstić information content (AvgIpc) is 2.81. The predicted molar refractivity (Wildman–Crippen MR) is 78.6 cm³/mol. The van der Waals surface area contributed by atoms with E-state index in [2.05, 4.69) is 31.0 Å². The number of aromatic nitrogens is 1. The van der Waals surface area contributed by atoms with Gasteiger partial charge in [-0.05, 0) is 35.2 Å². The summed E-state index contributed by atoms with van der Waals surface area (Å²) >= 11 is 0. The molecule has 1 heterocycles. The highest BCUT2D eigenvalue weighted by Gasteiger charge is 2.07. The van der Waals surface area contributed by atoms with Crippen molar-refractivity contribution in [3.63, 3.8) is 0 Å². The van der Waals surface area contributed by atoms with Crippen molar-refractivity contribution < 1.29 is 4.92 Å². The summed E-state index contributed by atoms with van der Waals surface area (Å²) in [6, 6.07) is 14.8. The molecule has 2 aromatic carbocycles. The van der Waals surface area contributed by atoms with Crippen LogP contribution >= 0.6 is 0 Å². The van der Waals surface area contributed by atoms with Gasteiger partial charge in [0.2, 0.25) is 0 Å². The lowest BCUT2D eigenvalue weighted by atomic mass is 9.95. The summed E-state index contributed by atoms with van der Waals surface area (Å²) in [6.45, 7) is 0. The smallest absolute Gasteiger partial charge is 0.269 e. The van der Waals surface area contributed by atoms with Gasteiger partial charge in [0.15, 0.2) is 0 Å². The van der Waals surface area contributed by atoms with E-state index in [-0.39, 0.29) is 5.69 Å². The number of nitro benzene ring substituents is 1. The molecular formula is C14H11BN2O2. The molecule has 3 aromatic rings. The van der Waals surface area contributed by atoms with Crippen molar-refractivity contribution in [2.24, 2.45) is 0 Å². The van der Waals surface area contributed by atoms with Gasteiger partial charge in [0.1, 0.15) is 7.85 Å². The summed E-state index contributed by atoms with van der Waals surface area (Å²) in [4.78, 5) is 13.6. The van der Waals surface area contributed by atoms with Crippen LogP contribution in [0.4, 0.5) is 5.69 Å². The fourth-order valence-corrected chi connectivity index (χ4v) is 2.17. The molecule has 0 aliphatic heterocycles. The number of hydrogen-bond donors (Lipinski definition) is 1. The van der Waals surface area contributed by atoms with E-state index in [0.717, 1.165) is 22.2 Å². The number of non-ortho nitro benzene ring substituents is 1. The highest BCUT2D eigenvalue weighted by Crippen LogP contribution is 2.25. The minimum Gasteiger partial charge on any atom is -0.355 e. The third-order valence-corrected chi connectivity index (χ3v) is 3.17. The van der Waals surface area contributed by atoms with Gasteiger partial charge in [-0.2, -0.15) is 0 Å². The summed E-state index contributed by atoms with van der Waals surface area (Å²) in [5.74, 6) is 0. The van der Waals surface area contributed by atoms with Crippen LogP contribution < -0.4 is 5.46 Å². The lowest BCUT2D eigenvalue weighted by Gasteiger charge is -1.97. The Morgan fingerprint density at radius 3 is 2.47 bits per heavy atom. The van der Waals surface area contributed by atoms with Gasteiger partial charge in [0.05, 0.1) is 4.92 Å². The van der Waals surface area contributed by atoms with E-state index in [4.69, 9.17) is 0 Å². The zero-order valence-corrected chi connectivity index (χ0v) is 10.4. The van der Waals surface area contributed by atoms with Crippen LogP contribution in [0.25, 0.3) is 22.2 Å². The first-order valence-corrected chi connectivity index (χ1v) is 5.98. The third kappa shape index (κ3) is 2.10. The SMILES string of the molecule is Bc1ccc2[nH]c(-c3ccc([N+](=O)[O-])cc3)cc2c1. The second-order valence-corrected chi connectivity index (χ2v) is 4.58. The zero-order valence-electron chi connectivity index (χ0n) is 10.4. The average molecular weight is 250 g/mol. The first-order valence-electron chi connectivity index (χ1n) is 5.98. The number of nitrogens with one attached hydrogen (secondary N) is 1. The molecule has 0 saturated heterocycles. The largest absolute Gasteiger partial charge is 0.355 e. The molecular weight excluding hydrogens is 239 g/mol. The normalized spacial score (nSPS) is 10.7. The topological polar surface area (TPSA) is 58.9 Å². The first-order chi connectivity index (χ1) is 9.13. The van der Waals surface area contributed by atoms with E-state index in [0.29, 0.717) is 0 Å². The van der Waals surface area contributed by atoms with E-state index in [1.807, 2.05) is 6.07 Å². The van der Waals surface area contributed by atoms with Crippen molar-refractivity contribution in [3.8, 4) is 11.3 Å². The molecule has 0 aliphatic carbocycles. The molecule has 19 heavy (non-hydrogen) atoms. The second-order valence-electron chi connectivity index (χ2n) is 4.58. The number of H-pyrrole nitrogens is 1. The van der Waals surface area contributed by atoms with E-state index in [1.54, 1.807) is 12.1 Å². The van der Waals surface area contributed by atoms with Crippen molar-refractivity contribution in [1.29, 1.82) is 0 Å². The van der Waals surface area contributed by atoms with Gasteiger partial charge in [-0.25, -0.2) is 0 Å². The van der Waals surface area contributed by atoms with Crippen LogP contribution in [0.15, 0.2) is 48.5 Å². The maximum absolute atomic E-state index is 10.6. The Labute approximate surface area is 110 Å². The summed E-state index contributed by atoms with van der Waals surface area (Å²) in [5.41, 5.74) is 4.30. The van der Waals surface area contributed by atoms with E-state index in [1.165, 1.54) is 17.6 Å². The van der Waals surface area contributed by atoms with E-state index < -0.39 is 4.92 Å². The molecule has 0 unspecified atom stereocenters. The van der Waals surface area contributed by atoms with Crippen LogP contribution in [0.5, 0.6) is 0 Å². The van der Waals surface area contributed by atoms with Gasteiger partial charge in [-0.15, -0.1) is 0 Å². The van der Waals surface area contributed by atoms with Gasteiger partial charge in [-0.1, -0.05) is 17.6 Å². The van der Waals surface area contributed by atoms with Crippen molar-refractivity contribution in [1.82, 2.24) is 4.98 Å². The molecule has 0 fully saturated rings. The molecule has 0 spiro atoms. The zero-order chi connectivity index (χ0) is 13.4. The molecule has 0 atom stereocenters. The minimum absolute atomic E-state index is 0.107. The van der Waals surface area contributed by atoms with Gasteiger partial charge in [0.25, 0.3) is 5.69 Å². The molecule has 4 nitrogen and oxygen atoms in total. The van der Waals surface area contributed by atoms with Gasteiger partial charge in [-0.3, -0.25) is 10.1 Å². The summed E-state index contributed by atoms with van der Waals surface area (Å²) in [6.07, 6.45) is 0. The molecule has 0 amide bonds. The molecule has 0 saturated carbocycles. The minimum atomic E-state index is -0.391. The van der Waals surface area contributed by atoms with Crippen LogP contribution in [0.1, 0.15) is 0 Å². The van der Waals surface area contributed by atoms with Crippen LogP contribution in [-0.4, -0.2) is 17.8 Å². The van der Waals surface area contributed by atoms with Gasteiger partial charge >= 0.3 is 0 Å². The Morgan fingerprint density at radius 1 is 1.05 bits per heavy atom. The lowest BCUT2D eigenvalue weighted by Crippen LogP contribution is -1.98. The van der Waals surface area contributed by atoms with Crippen molar-refractivity contribution in [2.45, 2.75) is 0 Å². The van der Waals surface area contributed by atoms with E-state index >= 15 is 0 Å². The van der Waals surface area contributed by atoms with Crippen molar-refractivity contribution >= 4 is 29.9 Å². The summed E-state index contributed by atoms with van der Waals surface area (Å²) < 4.78 is 0. The molecule has 0 radical (unpaired) electrons. The summed E-state index contributed by atoms with van der Waals surface area (Å²) in [7, 11) is 2.05. The Balaban J connectivity index is 2.06. The Bertz CT molecular complexity index is 763. The van der Waals surface area contributed by atoms with Crippen LogP contribution in [0.2, 0.25) is 0 Å². The first kappa shape index (κ1) is 11.5. The maximum Gasteiger partial charge on any atom is 0.269 e. The van der Waals surface area contributed by atoms with Gasteiger partial charge < -0.3 is 4.98 Å². The molecule has 1 N–H and O–H groups in total. The maximum atomic E-state index is 10.6. The number of nitro groups is 1. The molecule has 0 bridgehead atoms. The molecule has 1 aromatic heterocycles. The standard InChI is InChI=1S/C14H11BN2O2/c15-11-3-6-13-10(7-11)8-14(16-13)9-1-4-12(5-2-9)17(18)19/h1-8,16H,15H2. The monoisotopic (exact) mass is 250 g/mol. The van der Waals surface area contributed by atoms with E-state index in [9.17, 15) is 10.1 Å². The van der Waals surface area contributed by atoms with Crippen LogP contribution in [-0.2, 0) is 0 Å². The number of fused-ring (bicyclic) bond motifs is 1. The molecule has 92 valence electrons. The fourth-order valence-electron chi connectivity index (χ4n) is 2.17. The fraction of sp³-hybridized carbons (Fsp3) is 0.